The maximum absolute atomic E-state index is 13.6. The number of nitrogens with zero attached hydrogens (tertiary/aromatic N) is 4. The second kappa shape index (κ2) is 8.44. The van der Waals surface area contributed by atoms with E-state index in [-0.39, 0.29) is 29.9 Å². The number of carbonyl (C=O) groups excluding carboxylic acids is 3. The number of carbonyl (C=O) groups is 3. The highest BCUT2D eigenvalue weighted by Crippen LogP contribution is 2.51. The summed E-state index contributed by atoms with van der Waals surface area (Å²) < 4.78 is 40.8. The first-order valence-corrected chi connectivity index (χ1v) is 10.4. The second-order valence-electron chi connectivity index (χ2n) is 8.53. The Labute approximate surface area is 191 Å². The van der Waals surface area contributed by atoms with Crippen molar-refractivity contribution < 1.29 is 27.6 Å². The molecule has 3 N–H and O–H groups in total. The summed E-state index contributed by atoms with van der Waals surface area (Å²) in [5, 5.41) is 23.6. The van der Waals surface area contributed by atoms with Crippen molar-refractivity contribution in [1.82, 2.24) is 25.6 Å². The van der Waals surface area contributed by atoms with Gasteiger partial charge in [0.05, 0.1) is 23.2 Å². The van der Waals surface area contributed by atoms with Crippen molar-refractivity contribution in [3.63, 3.8) is 0 Å². The molecule has 13 heteroatoms. The lowest BCUT2D eigenvalue weighted by Crippen LogP contribution is -2.62. The van der Waals surface area contributed by atoms with E-state index in [0.29, 0.717) is 0 Å². The highest BCUT2D eigenvalue weighted by atomic mass is 19.3. The van der Waals surface area contributed by atoms with Gasteiger partial charge in [-0.15, -0.1) is 0 Å². The quantitative estimate of drug-likeness (QED) is 0.571. The molecule has 2 heterocycles. The van der Waals surface area contributed by atoms with Gasteiger partial charge in [-0.25, -0.2) is 13.2 Å². The van der Waals surface area contributed by atoms with E-state index in [0.717, 1.165) is 6.07 Å². The summed E-state index contributed by atoms with van der Waals surface area (Å²) in [6.45, 7) is 1.70. The second-order valence-corrected chi connectivity index (χ2v) is 8.53. The Balaban J connectivity index is 1.41. The minimum absolute atomic E-state index is 0.0994. The van der Waals surface area contributed by atoms with Crippen molar-refractivity contribution in [3.8, 4) is 6.07 Å². The number of likely N-dealkylation sites (tertiary alicyclic amines) is 1. The van der Waals surface area contributed by atoms with Gasteiger partial charge >= 0.3 is 11.8 Å². The van der Waals surface area contributed by atoms with E-state index in [4.69, 9.17) is 5.26 Å². The fraction of sp³-hybridized carbons (Fsp3) is 0.429. The fourth-order valence-electron chi connectivity index (χ4n) is 4.50. The Hall–Kier alpha value is -3.95. The molecule has 1 aliphatic heterocycles. The van der Waals surface area contributed by atoms with Gasteiger partial charge in [-0.05, 0) is 31.5 Å². The zero-order valence-corrected chi connectivity index (χ0v) is 17.9. The van der Waals surface area contributed by atoms with Crippen molar-refractivity contribution in [2.75, 3.05) is 11.9 Å². The molecule has 0 spiro atoms. The molecule has 2 aliphatic rings. The molecule has 2 aromatic rings. The minimum atomic E-state index is -3.01. The van der Waals surface area contributed by atoms with Gasteiger partial charge in [0.1, 0.15) is 17.6 Å². The number of alkyl halides is 2. The van der Waals surface area contributed by atoms with Crippen LogP contribution in [-0.2, 0) is 19.9 Å². The van der Waals surface area contributed by atoms with Crippen LogP contribution in [0, 0.1) is 23.1 Å². The molecule has 1 aliphatic carbocycles. The number of hydrogen-bond acceptors (Lipinski definition) is 6. The van der Waals surface area contributed by atoms with Gasteiger partial charge in [-0.2, -0.15) is 20.7 Å². The first-order chi connectivity index (χ1) is 16.0. The predicted octanol–water partition coefficient (Wildman–Crippen LogP) is 1.43. The van der Waals surface area contributed by atoms with Gasteiger partial charge in [0.25, 0.3) is 5.92 Å². The highest BCUT2D eigenvalue weighted by Gasteiger charge is 2.60. The number of aromatic amines is 1. The van der Waals surface area contributed by atoms with E-state index in [1.165, 1.54) is 23.2 Å². The Morgan fingerprint density at radius 2 is 2.03 bits per heavy atom. The number of nitrogens with one attached hydrogen (secondary N) is 3. The van der Waals surface area contributed by atoms with Crippen molar-refractivity contribution >= 4 is 23.4 Å². The molecule has 10 nitrogen and oxygen atoms in total. The number of hydrogen-bond donors (Lipinski definition) is 3. The molecule has 0 bridgehead atoms. The average molecular weight is 475 g/mol. The lowest BCUT2D eigenvalue weighted by molar-refractivity contribution is -0.160. The summed E-state index contributed by atoms with van der Waals surface area (Å²) in [6.07, 6.45) is 0.0415. The maximum atomic E-state index is 13.6. The van der Waals surface area contributed by atoms with E-state index in [1.54, 1.807) is 13.0 Å². The van der Waals surface area contributed by atoms with Crippen molar-refractivity contribution in [1.29, 1.82) is 5.26 Å². The monoisotopic (exact) mass is 475 g/mol. The summed E-state index contributed by atoms with van der Waals surface area (Å²) in [6, 6.07) is 4.58. The molecule has 1 aromatic carbocycles. The molecule has 1 aromatic heterocycles. The first-order valence-electron chi connectivity index (χ1n) is 10.4. The molecule has 3 amide bonds. The van der Waals surface area contributed by atoms with Gasteiger partial charge in [-0.3, -0.25) is 14.4 Å². The van der Waals surface area contributed by atoms with Gasteiger partial charge in [-0.1, -0.05) is 0 Å². The van der Waals surface area contributed by atoms with Gasteiger partial charge in [0.2, 0.25) is 5.91 Å². The summed E-state index contributed by atoms with van der Waals surface area (Å²) >= 11 is 0. The van der Waals surface area contributed by atoms with E-state index < -0.39 is 59.8 Å². The lowest BCUT2D eigenvalue weighted by atomic mass is 9.71. The van der Waals surface area contributed by atoms with Crippen molar-refractivity contribution in [2.45, 2.75) is 43.7 Å². The molecular weight excluding hydrogens is 455 g/mol. The van der Waals surface area contributed by atoms with Crippen LogP contribution in [0.1, 0.15) is 37.4 Å². The van der Waals surface area contributed by atoms with Crippen LogP contribution < -0.4 is 10.6 Å². The number of benzene rings is 1. The van der Waals surface area contributed by atoms with E-state index in [2.05, 4.69) is 26.0 Å². The van der Waals surface area contributed by atoms with Crippen LogP contribution in [0.15, 0.2) is 24.4 Å². The van der Waals surface area contributed by atoms with E-state index >= 15 is 0 Å². The normalized spacial score (nSPS) is 22.4. The number of anilines is 1. The predicted molar refractivity (Wildman–Crippen MR) is 109 cm³/mol. The summed E-state index contributed by atoms with van der Waals surface area (Å²) in [7, 11) is 0. The third-order valence-corrected chi connectivity index (χ3v) is 6.28. The lowest BCUT2D eigenvalue weighted by Gasteiger charge is -2.46. The van der Waals surface area contributed by atoms with Crippen LogP contribution in [0.5, 0.6) is 0 Å². The molecule has 2 fully saturated rings. The fourth-order valence-corrected chi connectivity index (χ4v) is 4.50. The first kappa shape index (κ1) is 23.2. The summed E-state index contributed by atoms with van der Waals surface area (Å²) in [5.41, 5.74) is -1.42. The largest absolute Gasteiger partial charge is 0.336 e. The van der Waals surface area contributed by atoms with Crippen LogP contribution in [0.2, 0.25) is 0 Å². The standard InChI is InChI=1S/C21H20F3N7O3/c1-11-14(17(32)27-13-2-3-15(22)12(6-13)7-25)4-5-31(11)19(34)18(33)28-20(9-21(23,24)10-20)16-8-26-30-29-16/h2-3,6,8,11,14H,4-5,9-10H2,1H3,(H,27,32)(H,28,33)(H,26,29,30). The van der Waals surface area contributed by atoms with Gasteiger partial charge in [0, 0.05) is 31.1 Å². The molecule has 0 radical (unpaired) electrons. The SMILES string of the molecule is CC1C(C(=O)Nc2ccc(F)c(C#N)c2)CCN1C(=O)C(=O)NC1(c2cn[nH]n2)CC(F)(F)C1. The number of halogens is 3. The van der Waals surface area contributed by atoms with Crippen LogP contribution in [0.3, 0.4) is 0 Å². The molecular formula is C21H20F3N7O3. The van der Waals surface area contributed by atoms with Crippen LogP contribution >= 0.6 is 0 Å². The highest BCUT2D eigenvalue weighted by molar-refractivity contribution is 6.35. The zero-order chi connectivity index (χ0) is 24.7. The molecule has 1 saturated carbocycles. The smallest absolute Gasteiger partial charge is 0.312 e. The Bertz CT molecular complexity index is 1170. The maximum Gasteiger partial charge on any atom is 0.312 e. The number of nitriles is 1. The minimum Gasteiger partial charge on any atom is -0.336 e. The van der Waals surface area contributed by atoms with Crippen LogP contribution in [0.25, 0.3) is 0 Å². The number of aromatic nitrogens is 3. The van der Waals surface area contributed by atoms with E-state index in [9.17, 15) is 27.6 Å². The van der Waals surface area contributed by atoms with Crippen molar-refractivity contribution in [2.24, 2.45) is 5.92 Å². The zero-order valence-electron chi connectivity index (χ0n) is 17.9. The third kappa shape index (κ3) is 4.18. The Kier molecular flexibility index (Phi) is 5.76. The molecule has 2 atom stereocenters. The molecule has 178 valence electrons. The number of H-pyrrole nitrogens is 1. The summed E-state index contributed by atoms with van der Waals surface area (Å²) in [5.74, 6) is -6.89. The van der Waals surface area contributed by atoms with Crippen LogP contribution in [-0.4, -0.2) is 56.5 Å². The van der Waals surface area contributed by atoms with E-state index in [1.807, 2.05) is 0 Å². The molecule has 34 heavy (non-hydrogen) atoms. The topological polar surface area (TPSA) is 144 Å². The number of rotatable bonds is 4. The average Bonchev–Trinajstić information content (AvgIpc) is 3.43. The Morgan fingerprint density at radius 1 is 1.29 bits per heavy atom. The molecule has 4 rings (SSSR count). The Morgan fingerprint density at radius 3 is 2.65 bits per heavy atom. The molecule has 2 unspecified atom stereocenters. The van der Waals surface area contributed by atoms with Crippen molar-refractivity contribution in [3.05, 3.63) is 41.5 Å². The summed E-state index contributed by atoms with van der Waals surface area (Å²) in [4.78, 5) is 39.5. The van der Waals surface area contributed by atoms with Crippen LogP contribution in [0.4, 0.5) is 18.9 Å². The third-order valence-electron chi connectivity index (χ3n) is 6.28. The molecule has 1 saturated heterocycles. The van der Waals surface area contributed by atoms with Gasteiger partial charge < -0.3 is 15.5 Å². The van der Waals surface area contributed by atoms with Gasteiger partial charge in [0.15, 0.2) is 0 Å². The number of amides is 3.